The van der Waals surface area contributed by atoms with Crippen molar-refractivity contribution in [3.63, 3.8) is 0 Å². The van der Waals surface area contributed by atoms with Gasteiger partial charge in [0.15, 0.2) is 0 Å². The number of hydrogen-bond acceptors (Lipinski definition) is 10. The van der Waals surface area contributed by atoms with Crippen molar-refractivity contribution in [1.29, 1.82) is 0 Å². The van der Waals surface area contributed by atoms with Crippen molar-refractivity contribution in [2.75, 3.05) is 0 Å². The molecule has 0 aliphatic rings. The zero-order chi connectivity index (χ0) is 11.4. The van der Waals surface area contributed by atoms with E-state index in [9.17, 15) is 33.6 Å². The molecule has 14 heavy (non-hydrogen) atoms. The fraction of sp³-hybridized carbons (Fsp3) is 0. The van der Waals surface area contributed by atoms with Crippen LogP contribution in [0.15, 0.2) is 0 Å². The molecule has 0 aliphatic carbocycles. The normalized spacial score (nSPS) is 10.0. The van der Waals surface area contributed by atoms with Crippen molar-refractivity contribution in [3.8, 4) is 0 Å². The fourth-order valence-electron chi connectivity index (χ4n) is 0.290. The first-order valence-electron chi connectivity index (χ1n) is 2.37. The zero-order valence-electron chi connectivity index (χ0n) is 5.87. The van der Waals surface area contributed by atoms with Crippen molar-refractivity contribution in [2.24, 2.45) is 0 Å². The molecule has 0 fully saturated rings. The fourth-order valence-corrected chi connectivity index (χ4v) is 1.71. The standard InChI is InChI=1S/3NO3.Nb.O/c3*2-1(3)4;;/q3*-1;+3;. The van der Waals surface area contributed by atoms with E-state index in [0.29, 0.717) is 0 Å². The Bertz CT molecular complexity index is 257. The summed E-state index contributed by atoms with van der Waals surface area (Å²) in [5.74, 6) is 0. The molecule has 80 valence electrons. The minimum absolute atomic E-state index is 1.76. The van der Waals surface area contributed by atoms with Crippen LogP contribution in [-0.4, -0.2) is 15.3 Å². The topological polar surface area (TPSA) is 174 Å². The first kappa shape index (κ1) is 12.1. The molecule has 0 aromatic carbocycles. The molecule has 0 radical (unpaired) electrons. The van der Waals surface area contributed by atoms with Gasteiger partial charge in [0.25, 0.3) is 0 Å². The molecule has 0 bridgehead atoms. The van der Waals surface area contributed by atoms with Gasteiger partial charge in [-0.15, -0.1) is 0 Å². The van der Waals surface area contributed by atoms with Crippen LogP contribution < -0.4 is 0 Å². The summed E-state index contributed by atoms with van der Waals surface area (Å²) in [6, 6.07) is 0. The van der Waals surface area contributed by atoms with Gasteiger partial charge in [-0.25, -0.2) is 0 Å². The van der Waals surface area contributed by atoms with Crippen LogP contribution in [0.4, 0.5) is 0 Å². The Kier molecular flexibility index (Phi) is 3.81. The summed E-state index contributed by atoms with van der Waals surface area (Å²) < 4.78 is 20.0. The van der Waals surface area contributed by atoms with Gasteiger partial charge in [0.05, 0.1) is 0 Å². The van der Waals surface area contributed by atoms with Crippen molar-refractivity contribution in [3.05, 3.63) is 30.3 Å². The van der Waals surface area contributed by atoms with E-state index in [1.54, 1.807) is 0 Å². The molecule has 13 nitrogen and oxygen atoms in total. The van der Waals surface area contributed by atoms with E-state index >= 15 is 0 Å². The Morgan fingerprint density at radius 1 is 0.786 bits per heavy atom. The van der Waals surface area contributed by atoms with Gasteiger partial charge in [-0.3, -0.25) is 0 Å². The maximum absolute atomic E-state index is 10.7. The van der Waals surface area contributed by atoms with Crippen LogP contribution >= 0.6 is 0 Å². The van der Waals surface area contributed by atoms with Crippen molar-refractivity contribution >= 4 is 0 Å². The molecule has 0 N–H and O–H groups in total. The number of nitrogens with zero attached hydrogens (tertiary/aromatic N) is 3. The maximum atomic E-state index is 10.7. The van der Waals surface area contributed by atoms with Gasteiger partial charge in [-0.2, -0.15) is 0 Å². The van der Waals surface area contributed by atoms with E-state index in [2.05, 4.69) is 10.0 Å². The van der Waals surface area contributed by atoms with Crippen LogP contribution in [0.5, 0.6) is 0 Å². The second-order valence-electron chi connectivity index (χ2n) is 1.36. The molecule has 14 heteroatoms. The average Bonchev–Trinajstić information content (AvgIpc) is 1.76. The first-order valence-corrected chi connectivity index (χ1v) is 5.96. The van der Waals surface area contributed by atoms with E-state index in [1.165, 1.54) is 0 Å². The van der Waals surface area contributed by atoms with Gasteiger partial charge in [-0.1, -0.05) is 0 Å². The summed E-state index contributed by atoms with van der Waals surface area (Å²) >= 11 is -6.45. The SMILES string of the molecule is O=[N+]([O-])[O][Nb](=[O])([O][N+](=O)[O-])[O][N+](=O)[O-]. The van der Waals surface area contributed by atoms with Crippen LogP contribution in [0.1, 0.15) is 0 Å². The first-order chi connectivity index (χ1) is 6.25. The molecule has 0 atom stereocenters. The minimum atomic E-state index is -6.45. The van der Waals surface area contributed by atoms with Crippen molar-refractivity contribution < 1.29 is 46.8 Å². The molecule has 0 aromatic heterocycles. The summed E-state index contributed by atoms with van der Waals surface area (Å²) in [4.78, 5) is 28.8. The van der Waals surface area contributed by atoms with E-state index in [1.807, 2.05) is 0 Å². The van der Waals surface area contributed by atoms with E-state index in [0.717, 1.165) is 0 Å². The molecule has 0 amide bonds. The van der Waals surface area contributed by atoms with Crippen LogP contribution in [0.2, 0.25) is 0 Å². The molecule has 0 rings (SSSR count). The molecule has 0 spiro atoms. The predicted molar refractivity (Wildman–Crippen MR) is 24.9 cm³/mol. The van der Waals surface area contributed by atoms with Gasteiger partial charge < -0.3 is 0 Å². The van der Waals surface area contributed by atoms with Crippen molar-refractivity contribution in [1.82, 2.24) is 0 Å². The van der Waals surface area contributed by atoms with Gasteiger partial charge in [-0.05, 0) is 0 Å². The van der Waals surface area contributed by atoms with E-state index in [-0.39, 0.29) is 0 Å². The summed E-state index contributed by atoms with van der Waals surface area (Å²) in [6.45, 7) is 0. The van der Waals surface area contributed by atoms with E-state index < -0.39 is 33.6 Å². The van der Waals surface area contributed by atoms with Gasteiger partial charge >= 0.3 is 77.2 Å². The summed E-state index contributed by atoms with van der Waals surface area (Å²) in [6.07, 6.45) is 0. The van der Waals surface area contributed by atoms with Crippen molar-refractivity contribution in [2.45, 2.75) is 0 Å². The summed E-state index contributed by atoms with van der Waals surface area (Å²) in [7, 11) is 0. The summed E-state index contributed by atoms with van der Waals surface area (Å²) in [5.41, 5.74) is 0. The predicted octanol–water partition coefficient (Wildman–Crippen LogP) is -1.14. The molecule has 0 aromatic rings. The summed E-state index contributed by atoms with van der Waals surface area (Å²) in [5, 5.41) is 23.5. The van der Waals surface area contributed by atoms with Gasteiger partial charge in [0.2, 0.25) is 0 Å². The Morgan fingerprint density at radius 3 is 1.14 bits per heavy atom. The molecule has 0 saturated carbocycles. The average molecular weight is 295 g/mol. The van der Waals surface area contributed by atoms with Gasteiger partial charge in [0, 0.05) is 0 Å². The number of rotatable bonds is 6. The second-order valence-corrected chi connectivity index (χ2v) is 4.77. The third-order valence-corrected chi connectivity index (χ3v) is 2.96. The van der Waals surface area contributed by atoms with Gasteiger partial charge in [0.1, 0.15) is 0 Å². The zero-order valence-corrected chi connectivity index (χ0v) is 8.07. The molecule has 0 saturated heterocycles. The number of hydrogen-bond donors (Lipinski definition) is 0. The second kappa shape index (κ2) is 4.40. The molecular weight excluding hydrogens is 295 g/mol. The molecule has 0 heterocycles. The molecule has 0 unspecified atom stereocenters. The van der Waals surface area contributed by atoms with E-state index in [4.69, 9.17) is 0 Å². The Labute approximate surface area is 77.8 Å². The molecule has 0 aliphatic heterocycles. The van der Waals surface area contributed by atoms with Crippen LogP contribution in [0.3, 0.4) is 0 Å². The van der Waals surface area contributed by atoms with Crippen LogP contribution in [0, 0.1) is 30.3 Å². The molecular formula is N3NbO10. The third kappa shape index (κ3) is 4.91. The van der Waals surface area contributed by atoms with Crippen LogP contribution in [0.25, 0.3) is 0 Å². The van der Waals surface area contributed by atoms with Crippen LogP contribution in [-0.2, 0) is 31.6 Å². The monoisotopic (exact) mass is 295 g/mol. The quantitative estimate of drug-likeness (QED) is 0.330. The third-order valence-electron chi connectivity index (χ3n) is 0.500. The Hall–Kier alpha value is -1.86. The Morgan fingerprint density at radius 2 is 1.00 bits per heavy atom. The Balaban J connectivity index is 4.66.